The van der Waals surface area contributed by atoms with Gasteiger partial charge in [0.2, 0.25) is 5.91 Å². The van der Waals surface area contributed by atoms with Crippen LogP contribution in [0.15, 0.2) is 29.1 Å². The first-order chi connectivity index (χ1) is 9.54. The number of para-hydroxylation sites is 2. The number of nitrogens with zero attached hydrogens (tertiary/aromatic N) is 2. The van der Waals surface area contributed by atoms with Crippen LogP contribution in [0.25, 0.3) is 11.0 Å². The summed E-state index contributed by atoms with van der Waals surface area (Å²) in [5.41, 5.74) is 1.76. The van der Waals surface area contributed by atoms with E-state index in [0.29, 0.717) is 19.5 Å². The molecule has 1 aromatic heterocycles. The lowest BCUT2D eigenvalue weighted by atomic mass is 10.3. The monoisotopic (exact) mass is 275 g/mol. The molecule has 0 atom stereocenters. The molecule has 20 heavy (non-hydrogen) atoms. The first kappa shape index (κ1) is 14.4. The largest absolute Gasteiger partial charge is 0.354 e. The van der Waals surface area contributed by atoms with E-state index >= 15 is 0 Å². The van der Waals surface area contributed by atoms with E-state index in [-0.39, 0.29) is 17.6 Å². The molecule has 0 spiro atoms. The van der Waals surface area contributed by atoms with Crippen molar-refractivity contribution in [2.24, 2.45) is 0 Å². The lowest BCUT2D eigenvalue weighted by Crippen LogP contribution is -2.32. The zero-order chi connectivity index (χ0) is 14.7. The lowest BCUT2D eigenvalue weighted by molar-refractivity contribution is -0.121. The Kier molecular flexibility index (Phi) is 4.27. The molecule has 2 rings (SSSR count). The minimum Gasteiger partial charge on any atom is -0.354 e. The van der Waals surface area contributed by atoms with Gasteiger partial charge in [-0.15, -0.1) is 0 Å². The predicted octanol–water partition coefficient (Wildman–Crippen LogP) is 1.74. The Morgan fingerprint density at radius 2 is 1.80 bits per heavy atom. The van der Waals surface area contributed by atoms with Crippen LogP contribution in [0, 0.1) is 0 Å². The topological polar surface area (TPSA) is 56.0 Å². The van der Waals surface area contributed by atoms with Crippen LogP contribution in [-0.2, 0) is 17.9 Å². The summed E-state index contributed by atoms with van der Waals surface area (Å²) in [6.07, 6.45) is 0.315. The van der Waals surface area contributed by atoms with Crippen molar-refractivity contribution >= 4 is 16.9 Å². The molecule has 0 aliphatic heterocycles. The van der Waals surface area contributed by atoms with Crippen LogP contribution in [0.4, 0.5) is 0 Å². The number of rotatable bonds is 5. The van der Waals surface area contributed by atoms with Gasteiger partial charge in [0.25, 0.3) is 0 Å². The van der Waals surface area contributed by atoms with Gasteiger partial charge in [-0.2, -0.15) is 0 Å². The fourth-order valence-corrected chi connectivity index (χ4v) is 2.40. The maximum Gasteiger partial charge on any atom is 0.329 e. The van der Waals surface area contributed by atoms with Crippen molar-refractivity contribution in [3.8, 4) is 0 Å². The van der Waals surface area contributed by atoms with E-state index in [0.717, 1.165) is 11.0 Å². The van der Waals surface area contributed by atoms with Gasteiger partial charge in [-0.05, 0) is 32.9 Å². The van der Waals surface area contributed by atoms with Crippen LogP contribution in [0.2, 0.25) is 0 Å². The van der Waals surface area contributed by atoms with Crippen LogP contribution < -0.4 is 11.0 Å². The van der Waals surface area contributed by atoms with Crippen molar-refractivity contribution in [2.45, 2.75) is 46.3 Å². The number of benzene rings is 1. The summed E-state index contributed by atoms with van der Waals surface area (Å²) in [5.74, 6) is -0.0276. The molecule has 1 heterocycles. The Hall–Kier alpha value is -2.04. The molecular weight excluding hydrogens is 254 g/mol. The Morgan fingerprint density at radius 1 is 1.20 bits per heavy atom. The zero-order valence-electron chi connectivity index (χ0n) is 12.2. The third kappa shape index (κ3) is 2.76. The SMILES string of the molecule is CCn1c(=O)n(CCC(=O)NC(C)C)c2ccccc21. The number of hydrogen-bond acceptors (Lipinski definition) is 2. The molecule has 0 radical (unpaired) electrons. The van der Waals surface area contributed by atoms with E-state index < -0.39 is 0 Å². The highest BCUT2D eigenvalue weighted by molar-refractivity contribution is 5.78. The average molecular weight is 275 g/mol. The van der Waals surface area contributed by atoms with Gasteiger partial charge in [0, 0.05) is 25.6 Å². The fourth-order valence-electron chi connectivity index (χ4n) is 2.40. The molecule has 2 aromatic rings. The highest BCUT2D eigenvalue weighted by Crippen LogP contribution is 2.12. The van der Waals surface area contributed by atoms with E-state index in [1.54, 1.807) is 9.13 Å². The van der Waals surface area contributed by atoms with Crippen molar-refractivity contribution in [1.82, 2.24) is 14.5 Å². The molecular formula is C15H21N3O2. The van der Waals surface area contributed by atoms with Gasteiger partial charge < -0.3 is 5.32 Å². The van der Waals surface area contributed by atoms with Crippen molar-refractivity contribution in [3.05, 3.63) is 34.7 Å². The fraction of sp³-hybridized carbons (Fsp3) is 0.467. The molecule has 5 nitrogen and oxygen atoms in total. The van der Waals surface area contributed by atoms with Gasteiger partial charge in [-0.25, -0.2) is 4.79 Å². The number of imidazole rings is 1. The third-order valence-corrected chi connectivity index (χ3v) is 3.25. The smallest absolute Gasteiger partial charge is 0.329 e. The summed E-state index contributed by atoms with van der Waals surface area (Å²) >= 11 is 0. The maximum atomic E-state index is 12.3. The van der Waals surface area contributed by atoms with E-state index in [1.807, 2.05) is 45.0 Å². The van der Waals surface area contributed by atoms with Gasteiger partial charge >= 0.3 is 5.69 Å². The second-order valence-corrected chi connectivity index (χ2v) is 5.14. The third-order valence-electron chi connectivity index (χ3n) is 3.25. The summed E-state index contributed by atoms with van der Waals surface area (Å²) in [7, 11) is 0. The van der Waals surface area contributed by atoms with Crippen LogP contribution in [0.1, 0.15) is 27.2 Å². The minimum atomic E-state index is -0.0500. The Morgan fingerprint density at radius 3 is 2.35 bits per heavy atom. The van der Waals surface area contributed by atoms with Crippen molar-refractivity contribution < 1.29 is 4.79 Å². The van der Waals surface area contributed by atoms with Gasteiger partial charge in [0.05, 0.1) is 11.0 Å². The number of aromatic nitrogens is 2. The van der Waals surface area contributed by atoms with Crippen molar-refractivity contribution in [3.63, 3.8) is 0 Å². The van der Waals surface area contributed by atoms with Gasteiger partial charge in [-0.1, -0.05) is 12.1 Å². The molecule has 1 N–H and O–H groups in total. The number of fused-ring (bicyclic) bond motifs is 1. The maximum absolute atomic E-state index is 12.3. The highest BCUT2D eigenvalue weighted by atomic mass is 16.2. The number of hydrogen-bond donors (Lipinski definition) is 1. The molecule has 0 aliphatic carbocycles. The Bertz CT molecular complexity index is 667. The second-order valence-electron chi connectivity index (χ2n) is 5.14. The van der Waals surface area contributed by atoms with E-state index in [4.69, 9.17) is 0 Å². The molecule has 0 saturated carbocycles. The Balaban J connectivity index is 2.28. The summed E-state index contributed by atoms with van der Waals surface area (Å²) in [6, 6.07) is 7.81. The molecule has 108 valence electrons. The van der Waals surface area contributed by atoms with E-state index in [2.05, 4.69) is 5.32 Å². The quantitative estimate of drug-likeness (QED) is 0.903. The average Bonchev–Trinajstić information content (AvgIpc) is 2.67. The Labute approximate surface area is 118 Å². The molecule has 1 amide bonds. The van der Waals surface area contributed by atoms with Crippen LogP contribution >= 0.6 is 0 Å². The summed E-state index contributed by atoms with van der Waals surface area (Å²) in [5, 5.41) is 2.84. The normalized spacial score (nSPS) is 11.2. The van der Waals surface area contributed by atoms with Crippen LogP contribution in [0.5, 0.6) is 0 Å². The number of carbonyl (C=O) groups is 1. The van der Waals surface area contributed by atoms with Crippen LogP contribution in [0.3, 0.4) is 0 Å². The summed E-state index contributed by atoms with van der Waals surface area (Å²) < 4.78 is 3.41. The summed E-state index contributed by atoms with van der Waals surface area (Å²) in [4.78, 5) is 24.1. The number of amides is 1. The number of aryl methyl sites for hydroxylation is 2. The molecule has 0 unspecified atom stereocenters. The lowest BCUT2D eigenvalue weighted by Gasteiger charge is -2.08. The number of nitrogens with one attached hydrogen (secondary N) is 1. The van der Waals surface area contributed by atoms with Gasteiger partial charge in [0.1, 0.15) is 0 Å². The zero-order valence-corrected chi connectivity index (χ0v) is 12.2. The first-order valence-electron chi connectivity index (χ1n) is 7.02. The molecule has 0 saturated heterocycles. The molecule has 5 heteroatoms. The minimum absolute atomic E-state index is 0.0276. The van der Waals surface area contributed by atoms with E-state index in [1.165, 1.54) is 0 Å². The standard InChI is InChI=1S/C15H21N3O2/c1-4-17-12-7-5-6-8-13(12)18(15(17)20)10-9-14(19)16-11(2)3/h5-8,11H,4,9-10H2,1-3H3,(H,16,19). The number of carbonyl (C=O) groups excluding carboxylic acids is 1. The van der Waals surface area contributed by atoms with Gasteiger partial charge in [-0.3, -0.25) is 13.9 Å². The highest BCUT2D eigenvalue weighted by Gasteiger charge is 2.12. The predicted molar refractivity (Wildman–Crippen MR) is 79.8 cm³/mol. The first-order valence-corrected chi connectivity index (χ1v) is 7.02. The summed E-state index contributed by atoms with van der Waals surface area (Å²) in [6.45, 7) is 6.83. The van der Waals surface area contributed by atoms with Crippen molar-refractivity contribution in [2.75, 3.05) is 0 Å². The molecule has 0 fully saturated rings. The molecule has 0 aliphatic rings. The molecule has 0 bridgehead atoms. The van der Waals surface area contributed by atoms with Crippen LogP contribution in [-0.4, -0.2) is 21.1 Å². The molecule has 1 aromatic carbocycles. The van der Waals surface area contributed by atoms with Crippen molar-refractivity contribution in [1.29, 1.82) is 0 Å². The van der Waals surface area contributed by atoms with Gasteiger partial charge in [0.15, 0.2) is 0 Å². The van der Waals surface area contributed by atoms with E-state index in [9.17, 15) is 9.59 Å². The second kappa shape index (κ2) is 5.94.